The third kappa shape index (κ3) is 3.58. The molecule has 29 heavy (non-hydrogen) atoms. The molecule has 4 aromatic rings. The Hall–Kier alpha value is -3.26. The van der Waals surface area contributed by atoms with Crippen LogP contribution in [0.4, 0.5) is 0 Å². The Bertz CT molecular complexity index is 1180. The number of aromatic nitrogens is 3. The van der Waals surface area contributed by atoms with Gasteiger partial charge < -0.3 is 18.3 Å². The molecule has 1 aliphatic rings. The van der Waals surface area contributed by atoms with Crippen molar-refractivity contribution in [3.8, 4) is 34.4 Å². The van der Waals surface area contributed by atoms with Crippen LogP contribution in [0.3, 0.4) is 0 Å². The molecule has 0 fully saturated rings. The standard InChI is InChI=1S/C21H17N3O4S/c1-12-3-5-16(13(2)7-12)20-22-15(9-25-20)10-29-21-24-23-19(28-21)14-4-6-17-18(8-14)27-11-26-17/h3-9H,10-11H2,1-2H3. The average molecular weight is 407 g/mol. The van der Waals surface area contributed by atoms with Crippen LogP contribution in [0.25, 0.3) is 22.9 Å². The molecule has 7 nitrogen and oxygen atoms in total. The van der Waals surface area contributed by atoms with E-state index in [0.29, 0.717) is 34.3 Å². The quantitative estimate of drug-likeness (QED) is 0.426. The first-order valence-electron chi connectivity index (χ1n) is 9.04. The molecule has 0 atom stereocenters. The van der Waals surface area contributed by atoms with E-state index in [0.717, 1.165) is 22.4 Å². The van der Waals surface area contributed by atoms with Crippen molar-refractivity contribution < 1.29 is 18.3 Å². The lowest BCUT2D eigenvalue weighted by molar-refractivity contribution is 0.174. The highest BCUT2D eigenvalue weighted by atomic mass is 32.2. The monoisotopic (exact) mass is 407 g/mol. The Morgan fingerprint density at radius 1 is 0.966 bits per heavy atom. The van der Waals surface area contributed by atoms with Gasteiger partial charge >= 0.3 is 0 Å². The molecule has 0 unspecified atom stereocenters. The number of aryl methyl sites for hydroxylation is 2. The predicted octanol–water partition coefficient (Wildman–Crippen LogP) is 5.03. The van der Waals surface area contributed by atoms with Crippen LogP contribution in [0, 0.1) is 13.8 Å². The van der Waals surface area contributed by atoms with E-state index < -0.39 is 0 Å². The minimum atomic E-state index is 0.228. The number of fused-ring (bicyclic) bond motifs is 1. The summed E-state index contributed by atoms with van der Waals surface area (Å²) >= 11 is 1.41. The summed E-state index contributed by atoms with van der Waals surface area (Å²) in [5, 5.41) is 8.69. The molecule has 0 N–H and O–H groups in total. The van der Waals surface area contributed by atoms with Crippen molar-refractivity contribution in [2.45, 2.75) is 24.8 Å². The fourth-order valence-electron chi connectivity index (χ4n) is 3.10. The van der Waals surface area contributed by atoms with E-state index in [1.807, 2.05) is 24.3 Å². The van der Waals surface area contributed by atoms with Gasteiger partial charge in [0, 0.05) is 16.9 Å². The van der Waals surface area contributed by atoms with E-state index in [-0.39, 0.29) is 6.79 Å². The highest BCUT2D eigenvalue weighted by Crippen LogP contribution is 2.36. The second kappa shape index (κ2) is 7.29. The summed E-state index contributed by atoms with van der Waals surface area (Å²) in [5.41, 5.74) is 4.94. The molecule has 2 aromatic carbocycles. The van der Waals surface area contributed by atoms with Gasteiger partial charge in [0.2, 0.25) is 18.6 Å². The highest BCUT2D eigenvalue weighted by molar-refractivity contribution is 7.98. The van der Waals surface area contributed by atoms with E-state index in [2.05, 4.69) is 41.2 Å². The van der Waals surface area contributed by atoms with Gasteiger partial charge in [-0.2, -0.15) is 0 Å². The Balaban J connectivity index is 1.27. The zero-order valence-corrected chi connectivity index (χ0v) is 16.7. The van der Waals surface area contributed by atoms with Crippen molar-refractivity contribution in [3.63, 3.8) is 0 Å². The zero-order chi connectivity index (χ0) is 19.8. The summed E-state index contributed by atoms with van der Waals surface area (Å²) in [7, 11) is 0. The predicted molar refractivity (Wildman–Crippen MR) is 107 cm³/mol. The second-order valence-electron chi connectivity index (χ2n) is 6.69. The van der Waals surface area contributed by atoms with Gasteiger partial charge in [-0.3, -0.25) is 0 Å². The van der Waals surface area contributed by atoms with Crippen LogP contribution in [-0.4, -0.2) is 22.0 Å². The van der Waals surface area contributed by atoms with Crippen molar-refractivity contribution >= 4 is 11.8 Å². The minimum absolute atomic E-state index is 0.228. The van der Waals surface area contributed by atoms with E-state index in [9.17, 15) is 0 Å². The average Bonchev–Trinajstić information content (AvgIpc) is 3.46. The first-order valence-corrected chi connectivity index (χ1v) is 10.0. The fraction of sp³-hybridized carbons (Fsp3) is 0.190. The number of hydrogen-bond donors (Lipinski definition) is 0. The fourth-order valence-corrected chi connectivity index (χ4v) is 3.74. The van der Waals surface area contributed by atoms with Crippen molar-refractivity contribution in [3.05, 3.63) is 59.5 Å². The molecular formula is C21H17N3O4S. The van der Waals surface area contributed by atoms with Crippen molar-refractivity contribution in [2.24, 2.45) is 0 Å². The van der Waals surface area contributed by atoms with Crippen LogP contribution >= 0.6 is 11.8 Å². The highest BCUT2D eigenvalue weighted by Gasteiger charge is 2.17. The summed E-state index contributed by atoms with van der Waals surface area (Å²) in [6, 6.07) is 11.7. The van der Waals surface area contributed by atoms with Crippen molar-refractivity contribution in [1.29, 1.82) is 0 Å². The minimum Gasteiger partial charge on any atom is -0.454 e. The maximum absolute atomic E-state index is 5.76. The number of thioether (sulfide) groups is 1. The van der Waals surface area contributed by atoms with Gasteiger partial charge in [0.25, 0.3) is 5.22 Å². The summed E-state index contributed by atoms with van der Waals surface area (Å²) in [6.07, 6.45) is 1.66. The van der Waals surface area contributed by atoms with Gasteiger partial charge in [-0.1, -0.05) is 29.5 Å². The molecule has 0 aliphatic carbocycles. The van der Waals surface area contributed by atoms with Crippen LogP contribution in [0.15, 0.2) is 56.7 Å². The topological polar surface area (TPSA) is 83.4 Å². The first-order chi connectivity index (χ1) is 14.2. The molecule has 0 saturated heterocycles. The Morgan fingerprint density at radius 3 is 2.76 bits per heavy atom. The van der Waals surface area contributed by atoms with Crippen LogP contribution in [-0.2, 0) is 5.75 Å². The lowest BCUT2D eigenvalue weighted by Gasteiger charge is -2.02. The number of ether oxygens (including phenoxy) is 2. The summed E-state index contributed by atoms with van der Waals surface area (Å²) in [4.78, 5) is 4.58. The van der Waals surface area contributed by atoms with Gasteiger partial charge in [0.05, 0.1) is 5.69 Å². The molecule has 0 bridgehead atoms. The molecule has 0 radical (unpaired) electrons. The number of rotatable bonds is 5. The third-order valence-corrected chi connectivity index (χ3v) is 5.39. The summed E-state index contributed by atoms with van der Waals surface area (Å²) < 4.78 is 22.1. The second-order valence-corrected chi connectivity index (χ2v) is 7.62. The van der Waals surface area contributed by atoms with Gasteiger partial charge in [-0.25, -0.2) is 4.98 Å². The van der Waals surface area contributed by atoms with E-state index in [1.54, 1.807) is 6.26 Å². The number of benzene rings is 2. The van der Waals surface area contributed by atoms with Crippen LogP contribution in [0.2, 0.25) is 0 Å². The van der Waals surface area contributed by atoms with Gasteiger partial charge in [0.1, 0.15) is 6.26 Å². The van der Waals surface area contributed by atoms with Crippen molar-refractivity contribution in [1.82, 2.24) is 15.2 Å². The molecule has 146 valence electrons. The van der Waals surface area contributed by atoms with Crippen LogP contribution < -0.4 is 9.47 Å². The molecule has 8 heteroatoms. The molecule has 5 rings (SSSR count). The number of oxazole rings is 1. The molecular weight excluding hydrogens is 390 g/mol. The number of nitrogens with zero attached hydrogens (tertiary/aromatic N) is 3. The third-order valence-electron chi connectivity index (χ3n) is 4.53. The van der Waals surface area contributed by atoms with E-state index in [4.69, 9.17) is 18.3 Å². The lowest BCUT2D eigenvalue weighted by Crippen LogP contribution is -1.92. The van der Waals surface area contributed by atoms with Gasteiger partial charge in [-0.05, 0) is 43.7 Å². The Labute approximate surface area is 171 Å². The maximum Gasteiger partial charge on any atom is 0.277 e. The Morgan fingerprint density at radius 2 is 1.86 bits per heavy atom. The summed E-state index contributed by atoms with van der Waals surface area (Å²) in [5.74, 6) is 3.01. The normalized spacial score (nSPS) is 12.5. The summed E-state index contributed by atoms with van der Waals surface area (Å²) in [6.45, 7) is 4.35. The number of hydrogen-bond acceptors (Lipinski definition) is 8. The maximum atomic E-state index is 5.76. The zero-order valence-electron chi connectivity index (χ0n) is 15.8. The molecule has 0 amide bonds. The lowest BCUT2D eigenvalue weighted by atomic mass is 10.1. The van der Waals surface area contributed by atoms with E-state index >= 15 is 0 Å². The SMILES string of the molecule is Cc1ccc(-c2nc(CSc3nnc(-c4ccc5c(c4)OCO5)o3)co2)c(C)c1. The smallest absolute Gasteiger partial charge is 0.277 e. The molecule has 3 heterocycles. The van der Waals surface area contributed by atoms with Crippen LogP contribution in [0.5, 0.6) is 11.5 Å². The van der Waals surface area contributed by atoms with E-state index in [1.165, 1.54) is 17.3 Å². The Kier molecular flexibility index (Phi) is 4.48. The van der Waals surface area contributed by atoms with Gasteiger partial charge in [0.15, 0.2) is 11.5 Å². The van der Waals surface area contributed by atoms with Crippen molar-refractivity contribution in [2.75, 3.05) is 6.79 Å². The largest absolute Gasteiger partial charge is 0.454 e. The van der Waals surface area contributed by atoms with Gasteiger partial charge in [-0.15, -0.1) is 10.2 Å². The molecule has 1 aliphatic heterocycles. The molecule has 2 aromatic heterocycles. The molecule has 0 spiro atoms. The first kappa shape index (κ1) is 17.8. The molecule has 0 saturated carbocycles. The van der Waals surface area contributed by atoms with Crippen LogP contribution in [0.1, 0.15) is 16.8 Å².